The van der Waals surface area contributed by atoms with Crippen LogP contribution in [0.25, 0.3) is 0 Å². The van der Waals surface area contributed by atoms with Gasteiger partial charge in [0.25, 0.3) is 0 Å². The van der Waals surface area contributed by atoms with E-state index in [0.717, 1.165) is 44.9 Å². The molecule has 1 aliphatic rings. The summed E-state index contributed by atoms with van der Waals surface area (Å²) in [5, 5.41) is 49.9. The van der Waals surface area contributed by atoms with Crippen LogP contribution in [0.5, 0.6) is 0 Å². The van der Waals surface area contributed by atoms with Crippen molar-refractivity contribution in [2.45, 2.75) is 211 Å². The third-order valence-electron chi connectivity index (χ3n) is 9.45. The number of ether oxygens (including phenoxy) is 2. The highest BCUT2D eigenvalue weighted by atomic mass is 31.2. The molecule has 0 radical (unpaired) electrons. The Hall–Kier alpha value is -1.15. The van der Waals surface area contributed by atoms with Crippen LogP contribution in [0.2, 0.25) is 0 Å². The molecule has 1 rings (SSSR count). The van der Waals surface area contributed by atoms with E-state index in [9.17, 15) is 44.6 Å². The number of unbranched alkanes of at least 4 members (excludes halogenated alkanes) is 20. The highest BCUT2D eigenvalue weighted by Gasteiger charge is 2.51. The summed E-state index contributed by atoms with van der Waals surface area (Å²) in [5.74, 6) is -1.09. The zero-order chi connectivity index (χ0) is 37.9. The largest absolute Gasteiger partial charge is 0.472 e. The minimum Gasteiger partial charge on any atom is -0.462 e. The fraction of sp³-hybridized carbons (Fsp3) is 0.946. The van der Waals surface area contributed by atoms with Gasteiger partial charge < -0.3 is 39.9 Å². The summed E-state index contributed by atoms with van der Waals surface area (Å²) in [5.41, 5.74) is 0. The third kappa shape index (κ3) is 22.6. The number of hydrogen-bond acceptors (Lipinski definition) is 12. The van der Waals surface area contributed by atoms with Crippen molar-refractivity contribution in [3.05, 3.63) is 0 Å². The molecular weight excluding hydrogens is 683 g/mol. The maximum Gasteiger partial charge on any atom is 0.472 e. The van der Waals surface area contributed by atoms with E-state index >= 15 is 0 Å². The van der Waals surface area contributed by atoms with Crippen molar-refractivity contribution < 1.29 is 63.1 Å². The highest BCUT2D eigenvalue weighted by molar-refractivity contribution is 7.47. The number of hydrogen-bond donors (Lipinski definition) is 6. The van der Waals surface area contributed by atoms with Gasteiger partial charge in [0.2, 0.25) is 0 Å². The van der Waals surface area contributed by atoms with Crippen molar-refractivity contribution in [1.82, 2.24) is 0 Å². The molecule has 51 heavy (non-hydrogen) atoms. The first-order valence-electron chi connectivity index (χ1n) is 19.8. The second-order valence-electron chi connectivity index (χ2n) is 14.2. The Morgan fingerprint density at radius 2 is 0.882 bits per heavy atom. The van der Waals surface area contributed by atoms with Crippen LogP contribution in [-0.2, 0) is 32.7 Å². The molecule has 4 unspecified atom stereocenters. The van der Waals surface area contributed by atoms with E-state index in [0.29, 0.717) is 12.8 Å². The first kappa shape index (κ1) is 47.9. The second-order valence-corrected chi connectivity index (χ2v) is 15.6. The van der Waals surface area contributed by atoms with E-state index in [2.05, 4.69) is 13.8 Å². The summed E-state index contributed by atoms with van der Waals surface area (Å²) in [4.78, 5) is 35.4. The predicted octanol–water partition coefficient (Wildman–Crippen LogP) is 6.16. The van der Waals surface area contributed by atoms with Crippen molar-refractivity contribution in [2.24, 2.45) is 0 Å². The van der Waals surface area contributed by atoms with Crippen molar-refractivity contribution in [1.29, 1.82) is 0 Å². The third-order valence-corrected chi connectivity index (χ3v) is 10.4. The normalized spacial score (nSPS) is 23.8. The number of carbonyl (C=O) groups excluding carboxylic acids is 2. The molecule has 0 aromatic heterocycles. The maximum atomic E-state index is 12.7. The molecule has 13 nitrogen and oxygen atoms in total. The quantitative estimate of drug-likeness (QED) is 0.0258. The van der Waals surface area contributed by atoms with Crippen molar-refractivity contribution in [3.63, 3.8) is 0 Å². The lowest BCUT2D eigenvalue weighted by Crippen LogP contribution is -2.64. The molecule has 0 bridgehead atoms. The molecule has 0 heterocycles. The first-order chi connectivity index (χ1) is 24.4. The van der Waals surface area contributed by atoms with Crippen LogP contribution >= 0.6 is 7.82 Å². The lowest BCUT2D eigenvalue weighted by atomic mass is 9.85. The van der Waals surface area contributed by atoms with Crippen molar-refractivity contribution in [2.75, 3.05) is 13.2 Å². The molecule has 1 aliphatic carbocycles. The molecule has 8 atom stereocenters. The molecule has 0 spiro atoms. The van der Waals surface area contributed by atoms with E-state index in [1.165, 1.54) is 83.5 Å². The standard InChI is InChI=1S/C37H71O13P/c1-3-5-7-9-11-13-15-17-19-21-23-25-30(38)47-27-29(49-31(39)26-24-22-20-18-16-14-12-10-8-6-4-2)28-48-51(45,46)50-37-35(43)33(41)32(40)34(42)36(37)44/h29,32-37,40-44H,3-28H2,1-2H3,(H,45,46)/t29?,32?,33-,34+,35-,36-,37?/m0/s1. The summed E-state index contributed by atoms with van der Waals surface area (Å²) in [7, 11) is -5.10. The Morgan fingerprint density at radius 1 is 0.529 bits per heavy atom. The second kappa shape index (κ2) is 29.2. The highest BCUT2D eigenvalue weighted by Crippen LogP contribution is 2.47. The van der Waals surface area contributed by atoms with Crippen LogP contribution in [-0.4, -0.2) is 98.3 Å². The topological polar surface area (TPSA) is 210 Å². The molecule has 0 aliphatic heterocycles. The number of esters is 2. The first-order valence-corrected chi connectivity index (χ1v) is 21.3. The summed E-state index contributed by atoms with van der Waals surface area (Å²) in [6, 6.07) is 0. The monoisotopic (exact) mass is 754 g/mol. The molecule has 302 valence electrons. The van der Waals surface area contributed by atoms with E-state index < -0.39 is 75.7 Å². The van der Waals surface area contributed by atoms with Crippen molar-refractivity contribution in [3.8, 4) is 0 Å². The van der Waals surface area contributed by atoms with Gasteiger partial charge in [-0.1, -0.05) is 142 Å². The van der Waals surface area contributed by atoms with Gasteiger partial charge in [0.05, 0.1) is 6.61 Å². The number of carbonyl (C=O) groups is 2. The molecular formula is C37H71O13P. The van der Waals surface area contributed by atoms with Crippen LogP contribution in [0.1, 0.15) is 168 Å². The number of rotatable bonds is 32. The molecule has 1 saturated carbocycles. The molecule has 0 saturated heterocycles. The zero-order valence-corrected chi connectivity index (χ0v) is 32.3. The van der Waals surface area contributed by atoms with Gasteiger partial charge in [-0.3, -0.25) is 18.6 Å². The van der Waals surface area contributed by atoms with E-state index in [1.807, 2.05) is 0 Å². The van der Waals surface area contributed by atoms with Gasteiger partial charge >= 0.3 is 19.8 Å². The minimum atomic E-state index is -5.10. The Bertz CT molecular complexity index is 922. The van der Waals surface area contributed by atoms with Gasteiger partial charge in [-0.15, -0.1) is 0 Å². The molecule has 0 amide bonds. The van der Waals surface area contributed by atoms with Gasteiger partial charge in [-0.2, -0.15) is 0 Å². The number of phosphoric ester groups is 1. The number of phosphoric acid groups is 1. The van der Waals surface area contributed by atoms with Crippen LogP contribution in [0.3, 0.4) is 0 Å². The summed E-state index contributed by atoms with van der Waals surface area (Å²) >= 11 is 0. The molecule has 1 fully saturated rings. The van der Waals surface area contributed by atoms with E-state index in [4.69, 9.17) is 18.5 Å². The summed E-state index contributed by atoms with van der Waals surface area (Å²) in [6.07, 6.45) is 11.8. The smallest absolute Gasteiger partial charge is 0.462 e. The molecule has 6 N–H and O–H groups in total. The van der Waals surface area contributed by atoms with Gasteiger partial charge in [0.1, 0.15) is 43.2 Å². The average molecular weight is 755 g/mol. The average Bonchev–Trinajstić information content (AvgIpc) is 3.10. The van der Waals surface area contributed by atoms with Crippen molar-refractivity contribution >= 4 is 19.8 Å². The molecule has 0 aromatic rings. The van der Waals surface area contributed by atoms with Crippen LogP contribution in [0.4, 0.5) is 0 Å². The fourth-order valence-electron chi connectivity index (χ4n) is 6.17. The summed E-state index contributed by atoms with van der Waals surface area (Å²) < 4.78 is 33.3. The Labute approximate surface area is 306 Å². The van der Waals surface area contributed by atoms with Gasteiger partial charge in [-0.25, -0.2) is 4.57 Å². The van der Waals surface area contributed by atoms with E-state index in [-0.39, 0.29) is 12.8 Å². The maximum absolute atomic E-state index is 12.7. The number of aliphatic hydroxyl groups is 5. The Kier molecular flexibility index (Phi) is 27.4. The van der Waals surface area contributed by atoms with Crippen LogP contribution in [0, 0.1) is 0 Å². The van der Waals surface area contributed by atoms with Gasteiger partial charge in [-0.05, 0) is 12.8 Å². The van der Waals surface area contributed by atoms with Crippen LogP contribution in [0.15, 0.2) is 0 Å². The molecule has 0 aromatic carbocycles. The molecule has 14 heteroatoms. The van der Waals surface area contributed by atoms with Gasteiger partial charge in [0, 0.05) is 12.8 Å². The SMILES string of the molecule is CCCCCCCCCCCCCC(=O)OCC(COP(=O)(O)OC1[C@@H](O)[C@H](O)C(O)[C@H](O)[C@@H]1O)OC(=O)CCCCCCCCCCCCC. The lowest BCUT2D eigenvalue weighted by Gasteiger charge is -2.41. The predicted molar refractivity (Wildman–Crippen MR) is 194 cm³/mol. The zero-order valence-electron chi connectivity index (χ0n) is 31.4. The number of aliphatic hydroxyl groups excluding tert-OH is 5. The van der Waals surface area contributed by atoms with E-state index in [1.54, 1.807) is 0 Å². The summed E-state index contributed by atoms with van der Waals surface area (Å²) in [6.45, 7) is 3.25. The van der Waals surface area contributed by atoms with Gasteiger partial charge in [0.15, 0.2) is 6.10 Å². The minimum absolute atomic E-state index is 0.103. The Balaban J connectivity index is 2.54. The van der Waals surface area contributed by atoms with Crippen LogP contribution < -0.4 is 0 Å². The lowest BCUT2D eigenvalue weighted by molar-refractivity contribution is -0.220. The Morgan fingerprint density at radius 3 is 1.29 bits per heavy atom. The fourth-order valence-corrected chi connectivity index (χ4v) is 7.14.